The van der Waals surface area contributed by atoms with Gasteiger partial charge in [0.2, 0.25) is 5.91 Å². The van der Waals surface area contributed by atoms with Crippen LogP contribution in [0.3, 0.4) is 0 Å². The topological polar surface area (TPSA) is 58.4 Å². The molecule has 2 unspecified atom stereocenters. The third kappa shape index (κ3) is 3.95. The highest BCUT2D eigenvalue weighted by molar-refractivity contribution is 5.79. The van der Waals surface area contributed by atoms with Crippen LogP contribution in [0.25, 0.3) is 0 Å². The Morgan fingerprint density at radius 3 is 2.45 bits per heavy atom. The zero-order valence-corrected chi connectivity index (χ0v) is 13.1. The van der Waals surface area contributed by atoms with Gasteiger partial charge in [0.1, 0.15) is 0 Å². The normalized spacial score (nSPS) is 29.6. The number of piperidine rings is 1. The number of nitrogens with zero attached hydrogens (tertiary/aromatic N) is 1. The third-order valence-corrected chi connectivity index (χ3v) is 5.15. The maximum absolute atomic E-state index is 12.5. The van der Waals surface area contributed by atoms with Gasteiger partial charge in [-0.3, -0.25) is 4.79 Å². The molecule has 4 heteroatoms. The van der Waals surface area contributed by atoms with E-state index in [4.69, 9.17) is 5.73 Å². The average molecular weight is 281 g/mol. The molecule has 1 amide bonds. The van der Waals surface area contributed by atoms with E-state index in [2.05, 4.69) is 24.1 Å². The first kappa shape index (κ1) is 15.8. The zero-order valence-electron chi connectivity index (χ0n) is 13.1. The molecule has 0 aromatic heterocycles. The summed E-state index contributed by atoms with van der Waals surface area (Å²) in [5.41, 5.74) is 5.83. The van der Waals surface area contributed by atoms with Crippen LogP contribution in [0.1, 0.15) is 52.4 Å². The highest BCUT2D eigenvalue weighted by Gasteiger charge is 2.31. The smallest absolute Gasteiger partial charge is 0.223 e. The maximum atomic E-state index is 12.5. The minimum Gasteiger partial charge on any atom is -0.353 e. The fraction of sp³-hybridized carbons (Fsp3) is 0.938. The van der Waals surface area contributed by atoms with Crippen LogP contribution < -0.4 is 11.1 Å². The maximum Gasteiger partial charge on any atom is 0.223 e. The molecule has 4 nitrogen and oxygen atoms in total. The van der Waals surface area contributed by atoms with Crippen LogP contribution in [0, 0.1) is 11.8 Å². The zero-order chi connectivity index (χ0) is 14.5. The van der Waals surface area contributed by atoms with Crippen LogP contribution in [0.4, 0.5) is 0 Å². The van der Waals surface area contributed by atoms with Crippen LogP contribution in [0.5, 0.6) is 0 Å². The molecule has 2 rings (SSSR count). The van der Waals surface area contributed by atoms with Crippen molar-refractivity contribution in [1.29, 1.82) is 0 Å². The van der Waals surface area contributed by atoms with Gasteiger partial charge >= 0.3 is 0 Å². The second-order valence-corrected chi connectivity index (χ2v) is 6.80. The highest BCUT2D eigenvalue weighted by Crippen LogP contribution is 2.29. The Labute approximate surface area is 123 Å². The predicted molar refractivity (Wildman–Crippen MR) is 82.4 cm³/mol. The molecule has 2 atom stereocenters. The lowest BCUT2D eigenvalue weighted by Crippen LogP contribution is -2.49. The molecule has 2 fully saturated rings. The molecule has 1 aliphatic carbocycles. The fourth-order valence-electron chi connectivity index (χ4n) is 3.70. The monoisotopic (exact) mass is 281 g/mol. The summed E-state index contributed by atoms with van der Waals surface area (Å²) in [5.74, 6) is 0.833. The van der Waals surface area contributed by atoms with E-state index in [1.165, 1.54) is 12.8 Å². The lowest BCUT2D eigenvalue weighted by atomic mass is 9.78. The third-order valence-electron chi connectivity index (χ3n) is 5.15. The van der Waals surface area contributed by atoms with E-state index in [-0.39, 0.29) is 11.8 Å². The summed E-state index contributed by atoms with van der Waals surface area (Å²) in [5, 5.41) is 3.29. The number of amides is 1. The van der Waals surface area contributed by atoms with Gasteiger partial charge < -0.3 is 16.0 Å². The van der Waals surface area contributed by atoms with Crippen LogP contribution in [-0.4, -0.2) is 42.5 Å². The Kier molecular flexibility index (Phi) is 5.85. The molecule has 1 saturated carbocycles. The van der Waals surface area contributed by atoms with E-state index in [9.17, 15) is 4.79 Å². The molecule has 0 spiro atoms. The van der Waals surface area contributed by atoms with E-state index < -0.39 is 0 Å². The molecule has 116 valence electrons. The summed E-state index contributed by atoms with van der Waals surface area (Å²) >= 11 is 0. The van der Waals surface area contributed by atoms with Gasteiger partial charge in [0, 0.05) is 31.1 Å². The Morgan fingerprint density at radius 2 is 1.85 bits per heavy atom. The van der Waals surface area contributed by atoms with Crippen LogP contribution in [0.2, 0.25) is 0 Å². The summed E-state index contributed by atoms with van der Waals surface area (Å²) in [4.78, 5) is 15.0. The number of rotatable bonds is 4. The first-order chi connectivity index (χ1) is 9.61. The van der Waals surface area contributed by atoms with Gasteiger partial charge in [-0.1, -0.05) is 12.8 Å². The minimum absolute atomic E-state index is 0.164. The summed E-state index contributed by atoms with van der Waals surface area (Å²) in [6.07, 6.45) is 6.74. The summed E-state index contributed by atoms with van der Waals surface area (Å²) in [7, 11) is 0. The molecular formula is C16H31N3O. The number of nitrogens with one attached hydrogen (secondary N) is 1. The number of nitrogens with two attached hydrogens (primary N) is 1. The summed E-state index contributed by atoms with van der Waals surface area (Å²) in [6, 6.07) is 0.990. The van der Waals surface area contributed by atoms with Crippen molar-refractivity contribution in [3.05, 3.63) is 0 Å². The van der Waals surface area contributed by atoms with E-state index in [1.54, 1.807) is 0 Å². The van der Waals surface area contributed by atoms with Crippen molar-refractivity contribution in [2.45, 2.75) is 64.5 Å². The molecule has 20 heavy (non-hydrogen) atoms. The summed E-state index contributed by atoms with van der Waals surface area (Å²) in [6.45, 7) is 7.35. The molecular weight excluding hydrogens is 250 g/mol. The molecule has 3 N–H and O–H groups in total. The molecule has 2 aliphatic rings. The van der Waals surface area contributed by atoms with Gasteiger partial charge in [-0.25, -0.2) is 0 Å². The lowest BCUT2D eigenvalue weighted by molar-refractivity contribution is -0.128. The van der Waals surface area contributed by atoms with Crippen molar-refractivity contribution in [1.82, 2.24) is 10.2 Å². The number of likely N-dealkylation sites (tertiary alicyclic amines) is 1. The average Bonchev–Trinajstić information content (AvgIpc) is 2.47. The first-order valence-corrected chi connectivity index (χ1v) is 8.36. The van der Waals surface area contributed by atoms with Gasteiger partial charge in [0.15, 0.2) is 0 Å². The van der Waals surface area contributed by atoms with Crippen molar-refractivity contribution in [2.75, 3.05) is 19.6 Å². The van der Waals surface area contributed by atoms with E-state index >= 15 is 0 Å². The second kappa shape index (κ2) is 7.41. The Balaban J connectivity index is 1.80. The molecule has 0 radical (unpaired) electrons. The van der Waals surface area contributed by atoms with Gasteiger partial charge in [0.25, 0.3) is 0 Å². The standard InChI is InChI=1S/C16H31N3O/c1-12(2)19-9-7-14(8-10-19)18-16(20)15-6-4-3-5-13(15)11-17/h12-15H,3-11,17H2,1-2H3,(H,18,20). The van der Waals surface area contributed by atoms with Gasteiger partial charge in [-0.2, -0.15) is 0 Å². The quantitative estimate of drug-likeness (QED) is 0.825. The van der Waals surface area contributed by atoms with Crippen LogP contribution in [0.15, 0.2) is 0 Å². The summed E-state index contributed by atoms with van der Waals surface area (Å²) < 4.78 is 0. The molecule has 0 aromatic carbocycles. The van der Waals surface area contributed by atoms with Gasteiger partial charge in [-0.15, -0.1) is 0 Å². The molecule has 1 heterocycles. The number of hydrogen-bond donors (Lipinski definition) is 2. The molecule has 0 aromatic rings. The lowest BCUT2D eigenvalue weighted by Gasteiger charge is -2.36. The van der Waals surface area contributed by atoms with Crippen molar-refractivity contribution in [3.63, 3.8) is 0 Å². The van der Waals surface area contributed by atoms with Gasteiger partial charge in [0.05, 0.1) is 0 Å². The Hall–Kier alpha value is -0.610. The van der Waals surface area contributed by atoms with Crippen molar-refractivity contribution < 1.29 is 4.79 Å². The largest absolute Gasteiger partial charge is 0.353 e. The molecule has 0 bridgehead atoms. The molecule has 1 aliphatic heterocycles. The van der Waals surface area contributed by atoms with E-state index in [0.29, 0.717) is 24.5 Å². The number of hydrogen-bond acceptors (Lipinski definition) is 3. The van der Waals surface area contributed by atoms with Gasteiger partial charge in [-0.05, 0) is 52.0 Å². The molecule has 1 saturated heterocycles. The number of carbonyl (C=O) groups is 1. The van der Waals surface area contributed by atoms with Crippen molar-refractivity contribution in [2.24, 2.45) is 17.6 Å². The SMILES string of the molecule is CC(C)N1CCC(NC(=O)C2CCCCC2CN)CC1. The Bertz CT molecular complexity index is 311. The van der Waals surface area contributed by atoms with Crippen LogP contribution in [-0.2, 0) is 4.79 Å². The van der Waals surface area contributed by atoms with Crippen LogP contribution >= 0.6 is 0 Å². The fourth-order valence-corrected chi connectivity index (χ4v) is 3.70. The second-order valence-electron chi connectivity index (χ2n) is 6.80. The highest BCUT2D eigenvalue weighted by atomic mass is 16.2. The predicted octanol–water partition coefficient (Wildman–Crippen LogP) is 1.74. The van der Waals surface area contributed by atoms with E-state index in [0.717, 1.165) is 38.8 Å². The minimum atomic E-state index is 0.164. The number of carbonyl (C=O) groups excluding carboxylic acids is 1. The Morgan fingerprint density at radius 1 is 1.20 bits per heavy atom. The van der Waals surface area contributed by atoms with E-state index in [1.807, 2.05) is 0 Å². The first-order valence-electron chi connectivity index (χ1n) is 8.36. The van der Waals surface area contributed by atoms with Crippen molar-refractivity contribution >= 4 is 5.91 Å². The van der Waals surface area contributed by atoms with Crippen molar-refractivity contribution in [3.8, 4) is 0 Å².